The third kappa shape index (κ3) is 4.27. The lowest BCUT2D eigenvalue weighted by molar-refractivity contribution is 0.0846. The van der Waals surface area contributed by atoms with Crippen LogP contribution in [0.2, 0.25) is 5.02 Å². The quantitative estimate of drug-likeness (QED) is 0.796. The average molecular weight is 372 g/mol. The van der Waals surface area contributed by atoms with Gasteiger partial charge < -0.3 is 0 Å². The Bertz CT molecular complexity index is 672. The number of hydrazine groups is 1. The summed E-state index contributed by atoms with van der Waals surface area (Å²) in [7, 11) is 0. The van der Waals surface area contributed by atoms with Crippen LogP contribution in [0.25, 0.3) is 0 Å². The van der Waals surface area contributed by atoms with E-state index in [0.29, 0.717) is 15.1 Å². The summed E-state index contributed by atoms with van der Waals surface area (Å²) < 4.78 is 13.6. The van der Waals surface area contributed by atoms with Gasteiger partial charge in [-0.05, 0) is 42.5 Å². The highest BCUT2D eigenvalue weighted by Crippen LogP contribution is 2.14. The van der Waals surface area contributed by atoms with Crippen LogP contribution in [0.3, 0.4) is 0 Å². The Hall–Kier alpha value is -1.92. The number of amides is 2. The molecule has 7 heteroatoms. The molecule has 0 aliphatic carbocycles. The van der Waals surface area contributed by atoms with Gasteiger partial charge in [-0.15, -0.1) is 0 Å². The number of benzene rings is 2. The van der Waals surface area contributed by atoms with E-state index in [1.807, 2.05) is 0 Å². The van der Waals surface area contributed by atoms with Crippen molar-refractivity contribution in [2.75, 3.05) is 0 Å². The third-order valence-electron chi connectivity index (χ3n) is 2.52. The molecule has 2 rings (SSSR count). The monoisotopic (exact) mass is 370 g/mol. The van der Waals surface area contributed by atoms with Crippen LogP contribution in [0.1, 0.15) is 20.7 Å². The smallest absolute Gasteiger partial charge is 0.267 e. The largest absolute Gasteiger partial charge is 0.269 e. The van der Waals surface area contributed by atoms with Gasteiger partial charge in [-0.25, -0.2) is 4.39 Å². The summed E-state index contributed by atoms with van der Waals surface area (Å²) in [6.07, 6.45) is 0. The highest BCUT2D eigenvalue weighted by molar-refractivity contribution is 9.10. The molecule has 0 spiro atoms. The van der Waals surface area contributed by atoms with E-state index in [1.165, 1.54) is 24.3 Å². The molecule has 108 valence electrons. The first-order chi connectivity index (χ1) is 9.95. The van der Waals surface area contributed by atoms with Crippen LogP contribution in [0.5, 0.6) is 0 Å². The van der Waals surface area contributed by atoms with Crippen molar-refractivity contribution in [1.29, 1.82) is 0 Å². The van der Waals surface area contributed by atoms with E-state index in [2.05, 4.69) is 26.8 Å². The zero-order valence-corrected chi connectivity index (χ0v) is 12.8. The lowest BCUT2D eigenvalue weighted by Crippen LogP contribution is -2.41. The standard InChI is InChI=1S/C14H9BrClFN2O2/c15-10-5-9(6-12(17)7-10)14(21)19-18-13(20)8-1-3-11(16)4-2-8/h1-7H,(H,18,20)(H,19,21). The van der Waals surface area contributed by atoms with Crippen molar-refractivity contribution in [2.24, 2.45) is 0 Å². The lowest BCUT2D eigenvalue weighted by atomic mass is 10.2. The van der Waals surface area contributed by atoms with E-state index in [9.17, 15) is 14.0 Å². The average Bonchev–Trinajstić information content (AvgIpc) is 2.44. The molecule has 2 amide bonds. The maximum Gasteiger partial charge on any atom is 0.269 e. The first-order valence-electron chi connectivity index (χ1n) is 5.78. The van der Waals surface area contributed by atoms with Gasteiger partial charge in [-0.2, -0.15) is 0 Å². The summed E-state index contributed by atoms with van der Waals surface area (Å²) in [5.41, 5.74) is 4.86. The van der Waals surface area contributed by atoms with E-state index in [-0.39, 0.29) is 5.56 Å². The molecule has 0 aliphatic rings. The first kappa shape index (κ1) is 15.5. The van der Waals surface area contributed by atoms with Crippen LogP contribution < -0.4 is 10.9 Å². The molecule has 0 saturated heterocycles. The van der Waals surface area contributed by atoms with Gasteiger partial charge in [0.2, 0.25) is 0 Å². The molecular formula is C14H9BrClFN2O2. The molecule has 0 atom stereocenters. The van der Waals surface area contributed by atoms with Crippen molar-refractivity contribution in [1.82, 2.24) is 10.9 Å². The summed E-state index contributed by atoms with van der Waals surface area (Å²) >= 11 is 8.80. The molecule has 2 aromatic carbocycles. The van der Waals surface area contributed by atoms with Crippen molar-refractivity contribution in [3.8, 4) is 0 Å². The number of carbonyl (C=O) groups is 2. The van der Waals surface area contributed by atoms with Gasteiger partial charge in [0, 0.05) is 20.6 Å². The van der Waals surface area contributed by atoms with Crippen LogP contribution >= 0.6 is 27.5 Å². The summed E-state index contributed by atoms with van der Waals surface area (Å²) in [6, 6.07) is 9.87. The minimum absolute atomic E-state index is 0.0817. The van der Waals surface area contributed by atoms with Gasteiger partial charge >= 0.3 is 0 Å². The Balaban J connectivity index is 2.00. The Morgan fingerprint density at radius 3 is 2.10 bits per heavy atom. The maximum absolute atomic E-state index is 13.2. The van der Waals surface area contributed by atoms with Gasteiger partial charge in [-0.1, -0.05) is 27.5 Å². The number of nitrogens with one attached hydrogen (secondary N) is 2. The molecule has 2 N–H and O–H groups in total. The summed E-state index contributed by atoms with van der Waals surface area (Å²) in [5.74, 6) is -1.69. The van der Waals surface area contributed by atoms with E-state index >= 15 is 0 Å². The minimum Gasteiger partial charge on any atom is -0.267 e. The van der Waals surface area contributed by atoms with E-state index in [1.54, 1.807) is 12.1 Å². The summed E-state index contributed by atoms with van der Waals surface area (Å²) in [5, 5.41) is 0.500. The van der Waals surface area contributed by atoms with E-state index < -0.39 is 17.6 Å². The second-order valence-electron chi connectivity index (χ2n) is 4.07. The molecule has 0 heterocycles. The SMILES string of the molecule is O=C(NNC(=O)c1cc(F)cc(Br)c1)c1ccc(Cl)cc1. The summed E-state index contributed by atoms with van der Waals surface area (Å²) in [6.45, 7) is 0. The second-order valence-corrected chi connectivity index (χ2v) is 5.43. The van der Waals surface area contributed by atoms with Crippen molar-refractivity contribution >= 4 is 39.3 Å². The number of rotatable bonds is 2. The van der Waals surface area contributed by atoms with Crippen LogP contribution in [0, 0.1) is 5.82 Å². The number of hydrogen-bond acceptors (Lipinski definition) is 2. The second kappa shape index (κ2) is 6.69. The maximum atomic E-state index is 13.2. The Kier molecular flexibility index (Phi) is 4.93. The van der Waals surface area contributed by atoms with Crippen LogP contribution in [-0.2, 0) is 0 Å². The molecule has 0 saturated carbocycles. The highest BCUT2D eigenvalue weighted by atomic mass is 79.9. The number of halogens is 3. The molecule has 0 bridgehead atoms. The van der Waals surface area contributed by atoms with Crippen molar-refractivity contribution in [3.63, 3.8) is 0 Å². The van der Waals surface area contributed by atoms with Gasteiger partial charge in [0.1, 0.15) is 5.82 Å². The topological polar surface area (TPSA) is 58.2 Å². The van der Waals surface area contributed by atoms with Crippen molar-refractivity contribution < 1.29 is 14.0 Å². The zero-order chi connectivity index (χ0) is 15.4. The Labute approximate surface area is 133 Å². The Morgan fingerprint density at radius 1 is 0.952 bits per heavy atom. The Morgan fingerprint density at radius 2 is 1.52 bits per heavy atom. The van der Waals surface area contributed by atoms with Gasteiger partial charge in [0.15, 0.2) is 0 Å². The highest BCUT2D eigenvalue weighted by Gasteiger charge is 2.10. The molecular weight excluding hydrogens is 363 g/mol. The van der Waals surface area contributed by atoms with Gasteiger partial charge in [0.25, 0.3) is 11.8 Å². The number of carbonyl (C=O) groups excluding carboxylic acids is 2. The zero-order valence-electron chi connectivity index (χ0n) is 10.5. The van der Waals surface area contributed by atoms with Crippen LogP contribution in [0.4, 0.5) is 4.39 Å². The van der Waals surface area contributed by atoms with Crippen LogP contribution in [0.15, 0.2) is 46.9 Å². The fourth-order valence-corrected chi connectivity index (χ4v) is 2.14. The molecule has 0 unspecified atom stereocenters. The lowest BCUT2D eigenvalue weighted by Gasteiger charge is -2.08. The fourth-order valence-electron chi connectivity index (χ4n) is 1.54. The van der Waals surface area contributed by atoms with Crippen molar-refractivity contribution in [2.45, 2.75) is 0 Å². The molecule has 0 fully saturated rings. The minimum atomic E-state index is -0.627. The molecule has 0 aliphatic heterocycles. The normalized spacial score (nSPS) is 10.0. The fraction of sp³-hybridized carbons (Fsp3) is 0. The van der Waals surface area contributed by atoms with E-state index in [0.717, 1.165) is 6.07 Å². The van der Waals surface area contributed by atoms with Crippen molar-refractivity contribution in [3.05, 3.63) is 68.9 Å². The van der Waals surface area contributed by atoms with Gasteiger partial charge in [-0.3, -0.25) is 20.4 Å². The van der Waals surface area contributed by atoms with E-state index in [4.69, 9.17) is 11.6 Å². The van der Waals surface area contributed by atoms with Crippen LogP contribution in [-0.4, -0.2) is 11.8 Å². The third-order valence-corrected chi connectivity index (χ3v) is 3.23. The molecule has 2 aromatic rings. The molecule has 21 heavy (non-hydrogen) atoms. The molecule has 0 aromatic heterocycles. The molecule has 0 radical (unpaired) electrons. The predicted molar refractivity (Wildman–Crippen MR) is 80.5 cm³/mol. The predicted octanol–water partition coefficient (Wildman–Crippen LogP) is 3.32. The molecule has 4 nitrogen and oxygen atoms in total. The summed E-state index contributed by atoms with van der Waals surface area (Å²) in [4.78, 5) is 23.6. The van der Waals surface area contributed by atoms with Gasteiger partial charge in [0.05, 0.1) is 0 Å². The first-order valence-corrected chi connectivity index (χ1v) is 6.95. The number of hydrogen-bond donors (Lipinski definition) is 2.